The van der Waals surface area contributed by atoms with Gasteiger partial charge >= 0.3 is 0 Å². The van der Waals surface area contributed by atoms with Crippen LogP contribution in [0.4, 0.5) is 11.6 Å². The average molecular weight is 354 g/mol. The highest BCUT2D eigenvalue weighted by Crippen LogP contribution is 2.20. The Morgan fingerprint density at radius 2 is 1.96 bits per heavy atom. The molecule has 1 fully saturated rings. The van der Waals surface area contributed by atoms with E-state index in [2.05, 4.69) is 37.1 Å². The number of benzene rings is 1. The molecule has 8 heteroatoms. The summed E-state index contributed by atoms with van der Waals surface area (Å²) in [7, 11) is 2.11. The highest BCUT2D eigenvalue weighted by Gasteiger charge is 2.16. The van der Waals surface area contributed by atoms with Gasteiger partial charge in [0.05, 0.1) is 15.7 Å². The molecule has 25 heavy (non-hydrogen) atoms. The van der Waals surface area contributed by atoms with Crippen molar-refractivity contribution in [3.63, 3.8) is 0 Å². The number of anilines is 2. The van der Waals surface area contributed by atoms with Gasteiger partial charge in [0.2, 0.25) is 0 Å². The number of nitrogens with one attached hydrogen (secondary N) is 1. The lowest BCUT2D eigenvalue weighted by atomic mass is 10.2. The van der Waals surface area contributed by atoms with Crippen LogP contribution in [-0.2, 0) is 0 Å². The first kappa shape index (κ1) is 15.9. The number of thiazole rings is 1. The van der Waals surface area contributed by atoms with Crippen LogP contribution in [0.15, 0.2) is 36.1 Å². The molecule has 0 spiro atoms. The number of rotatable bonds is 3. The summed E-state index contributed by atoms with van der Waals surface area (Å²) in [4.78, 5) is 29.7. The molecule has 1 N–H and O–H groups in total. The SMILES string of the molecule is CN1CCN(c2cc(NC(=O)c3ccc4ncsc4c3)ncn2)CC1. The number of amides is 1. The fourth-order valence-electron chi connectivity index (χ4n) is 2.81. The third kappa shape index (κ3) is 3.45. The maximum Gasteiger partial charge on any atom is 0.256 e. The number of fused-ring (bicyclic) bond motifs is 1. The van der Waals surface area contributed by atoms with Gasteiger partial charge in [-0.1, -0.05) is 0 Å². The Bertz CT molecular complexity index is 903. The fourth-order valence-corrected chi connectivity index (χ4v) is 3.53. The number of nitrogens with zero attached hydrogens (tertiary/aromatic N) is 5. The Labute approximate surface area is 149 Å². The molecule has 1 saturated heterocycles. The third-order valence-electron chi connectivity index (χ3n) is 4.31. The van der Waals surface area contributed by atoms with Crippen molar-refractivity contribution in [1.29, 1.82) is 0 Å². The summed E-state index contributed by atoms with van der Waals surface area (Å²) in [5.74, 6) is 1.17. The molecule has 0 radical (unpaired) electrons. The standard InChI is InChI=1S/C17H18N6OS/c1-22-4-6-23(7-5-22)16-9-15(18-10-19-16)21-17(24)12-2-3-13-14(8-12)25-11-20-13/h2-3,8-11H,4-7H2,1H3,(H,18,19,21,24). The summed E-state index contributed by atoms with van der Waals surface area (Å²) in [5, 5.41) is 2.86. The van der Waals surface area contributed by atoms with Crippen molar-refractivity contribution >= 4 is 39.1 Å². The van der Waals surface area contributed by atoms with Gasteiger partial charge in [0.1, 0.15) is 18.0 Å². The lowest BCUT2D eigenvalue weighted by Gasteiger charge is -2.33. The number of hydrogen-bond donors (Lipinski definition) is 1. The van der Waals surface area contributed by atoms with Gasteiger partial charge in [-0.2, -0.15) is 0 Å². The van der Waals surface area contributed by atoms with Crippen molar-refractivity contribution in [2.24, 2.45) is 0 Å². The maximum atomic E-state index is 12.5. The largest absolute Gasteiger partial charge is 0.354 e. The predicted molar refractivity (Wildman–Crippen MR) is 99.3 cm³/mol. The lowest BCUT2D eigenvalue weighted by Crippen LogP contribution is -2.44. The summed E-state index contributed by atoms with van der Waals surface area (Å²) >= 11 is 1.52. The van der Waals surface area contributed by atoms with Gasteiger partial charge in [0.15, 0.2) is 0 Å². The first-order valence-corrected chi connectivity index (χ1v) is 8.97. The van der Waals surface area contributed by atoms with E-state index in [9.17, 15) is 4.79 Å². The Balaban J connectivity index is 1.50. The van der Waals surface area contributed by atoms with E-state index >= 15 is 0 Å². The molecule has 3 aromatic rings. The van der Waals surface area contributed by atoms with Gasteiger partial charge in [-0.15, -0.1) is 11.3 Å². The molecule has 1 aromatic carbocycles. The summed E-state index contributed by atoms with van der Waals surface area (Å²) in [6, 6.07) is 7.32. The minimum Gasteiger partial charge on any atom is -0.354 e. The van der Waals surface area contributed by atoms with Crippen LogP contribution in [0.5, 0.6) is 0 Å². The van der Waals surface area contributed by atoms with Gasteiger partial charge in [0, 0.05) is 37.8 Å². The Hall–Kier alpha value is -2.58. The summed E-state index contributed by atoms with van der Waals surface area (Å²) in [6.45, 7) is 3.84. The van der Waals surface area contributed by atoms with Crippen molar-refractivity contribution in [2.45, 2.75) is 0 Å². The van der Waals surface area contributed by atoms with Crippen LogP contribution >= 0.6 is 11.3 Å². The van der Waals surface area contributed by atoms with Crippen LogP contribution < -0.4 is 10.2 Å². The third-order valence-corrected chi connectivity index (χ3v) is 5.11. The quantitative estimate of drug-likeness (QED) is 0.776. The number of carbonyl (C=O) groups is 1. The Morgan fingerprint density at radius 1 is 1.12 bits per heavy atom. The predicted octanol–water partition coefficient (Wildman–Crippen LogP) is 2.09. The molecule has 0 bridgehead atoms. The van der Waals surface area contributed by atoms with Crippen LogP contribution in [-0.4, -0.2) is 59.0 Å². The second-order valence-electron chi connectivity index (χ2n) is 6.04. The highest BCUT2D eigenvalue weighted by molar-refractivity contribution is 7.16. The zero-order chi connectivity index (χ0) is 17.2. The molecule has 0 atom stereocenters. The van der Waals surface area contributed by atoms with Crippen LogP contribution in [0.3, 0.4) is 0 Å². The van der Waals surface area contributed by atoms with Gasteiger partial charge in [-0.25, -0.2) is 15.0 Å². The highest BCUT2D eigenvalue weighted by atomic mass is 32.1. The van der Waals surface area contributed by atoms with Gasteiger partial charge < -0.3 is 15.1 Å². The molecule has 4 rings (SSSR count). The molecule has 1 amide bonds. The number of piperazine rings is 1. The molecule has 128 valence electrons. The lowest BCUT2D eigenvalue weighted by molar-refractivity contribution is 0.102. The van der Waals surface area contributed by atoms with Gasteiger partial charge in [0.25, 0.3) is 5.91 Å². The molecule has 1 aliphatic heterocycles. The average Bonchev–Trinajstić information content (AvgIpc) is 3.10. The zero-order valence-corrected chi connectivity index (χ0v) is 14.7. The van der Waals surface area contributed by atoms with Crippen LogP contribution in [0.1, 0.15) is 10.4 Å². The summed E-state index contributed by atoms with van der Waals surface area (Å²) < 4.78 is 0.994. The molecule has 7 nitrogen and oxygen atoms in total. The van der Waals surface area contributed by atoms with Crippen LogP contribution in [0, 0.1) is 0 Å². The first-order chi connectivity index (χ1) is 12.2. The second-order valence-corrected chi connectivity index (χ2v) is 6.93. The van der Waals surface area contributed by atoms with Crippen molar-refractivity contribution in [3.8, 4) is 0 Å². The number of likely N-dealkylation sites (N-methyl/N-ethyl adjacent to an activating group) is 1. The van der Waals surface area contributed by atoms with E-state index in [1.807, 2.05) is 18.2 Å². The van der Waals surface area contributed by atoms with Crippen LogP contribution in [0.25, 0.3) is 10.2 Å². The van der Waals surface area contributed by atoms with E-state index in [0.29, 0.717) is 11.4 Å². The van der Waals surface area contributed by atoms with E-state index in [1.54, 1.807) is 11.6 Å². The maximum absolute atomic E-state index is 12.5. The summed E-state index contributed by atoms with van der Waals surface area (Å²) in [5.41, 5.74) is 3.27. The van der Waals surface area contributed by atoms with Gasteiger partial charge in [-0.3, -0.25) is 4.79 Å². The molecule has 0 unspecified atom stereocenters. The summed E-state index contributed by atoms with van der Waals surface area (Å²) in [6.07, 6.45) is 1.50. The molecular formula is C17H18N6OS. The minimum atomic E-state index is -0.182. The first-order valence-electron chi connectivity index (χ1n) is 8.09. The Kier molecular flexibility index (Phi) is 4.29. The topological polar surface area (TPSA) is 74.2 Å². The van der Waals surface area contributed by atoms with E-state index in [1.165, 1.54) is 17.7 Å². The molecular weight excluding hydrogens is 336 g/mol. The zero-order valence-electron chi connectivity index (χ0n) is 13.8. The fraction of sp³-hybridized carbons (Fsp3) is 0.294. The molecule has 0 saturated carbocycles. The minimum absolute atomic E-state index is 0.182. The van der Waals surface area contributed by atoms with E-state index in [0.717, 1.165) is 42.2 Å². The second kappa shape index (κ2) is 6.73. The van der Waals surface area contributed by atoms with Crippen molar-refractivity contribution in [2.75, 3.05) is 43.4 Å². The molecule has 1 aliphatic rings. The van der Waals surface area contributed by atoms with Crippen molar-refractivity contribution in [3.05, 3.63) is 41.7 Å². The van der Waals surface area contributed by atoms with Crippen molar-refractivity contribution < 1.29 is 4.79 Å². The van der Waals surface area contributed by atoms with E-state index < -0.39 is 0 Å². The number of hydrogen-bond acceptors (Lipinski definition) is 7. The number of carbonyl (C=O) groups excluding carboxylic acids is 1. The normalized spacial score (nSPS) is 15.5. The molecule has 0 aliphatic carbocycles. The van der Waals surface area contributed by atoms with E-state index in [-0.39, 0.29) is 5.91 Å². The van der Waals surface area contributed by atoms with E-state index in [4.69, 9.17) is 0 Å². The van der Waals surface area contributed by atoms with Crippen molar-refractivity contribution in [1.82, 2.24) is 19.9 Å². The number of aromatic nitrogens is 3. The monoisotopic (exact) mass is 354 g/mol. The van der Waals surface area contributed by atoms with Gasteiger partial charge in [-0.05, 0) is 25.2 Å². The smallest absolute Gasteiger partial charge is 0.256 e. The molecule has 2 aromatic heterocycles. The Morgan fingerprint density at radius 3 is 2.80 bits per heavy atom. The van der Waals surface area contributed by atoms with Crippen LogP contribution in [0.2, 0.25) is 0 Å². The molecule has 3 heterocycles.